The van der Waals surface area contributed by atoms with E-state index in [0.717, 1.165) is 4.31 Å². The number of methoxy groups -OCH3 is 4. The topological polar surface area (TPSA) is 124 Å². The number of carbonyl (C=O) groups excluding carboxylic acids is 2. The van der Waals surface area contributed by atoms with Gasteiger partial charge in [0.1, 0.15) is 24.1 Å². The minimum absolute atomic E-state index is 0.00824. The Kier molecular flexibility index (Phi) is 11.6. The number of ether oxygens (including phenoxy) is 4. The molecule has 13 heteroatoms. The van der Waals surface area contributed by atoms with Crippen LogP contribution in [0, 0.1) is 0 Å². The first-order valence-electron chi connectivity index (χ1n) is 14.0. The van der Waals surface area contributed by atoms with Gasteiger partial charge >= 0.3 is 0 Å². The van der Waals surface area contributed by atoms with Gasteiger partial charge in [-0.2, -0.15) is 0 Å². The van der Waals surface area contributed by atoms with Crippen LogP contribution in [-0.4, -0.2) is 71.7 Å². The van der Waals surface area contributed by atoms with Crippen molar-refractivity contribution in [3.63, 3.8) is 0 Å². The van der Waals surface area contributed by atoms with Crippen LogP contribution in [0.3, 0.4) is 0 Å². The van der Waals surface area contributed by atoms with E-state index in [0.29, 0.717) is 17.1 Å². The average molecular weight is 662 g/mol. The maximum absolute atomic E-state index is 14.3. The van der Waals surface area contributed by atoms with Crippen LogP contribution in [0.5, 0.6) is 23.0 Å². The summed E-state index contributed by atoms with van der Waals surface area (Å²) in [5, 5.41) is 3.12. The smallest absolute Gasteiger partial charge is 0.265 e. The molecular weight excluding hydrogens is 622 g/mol. The fraction of sp³-hybridized carbons (Fsp3) is 0.375. The molecule has 1 atom stereocenters. The van der Waals surface area contributed by atoms with Crippen LogP contribution in [0.4, 0.5) is 5.69 Å². The normalized spacial score (nSPS) is 12.1. The first-order chi connectivity index (χ1) is 21.1. The van der Waals surface area contributed by atoms with Crippen molar-refractivity contribution in [2.24, 2.45) is 0 Å². The number of nitrogens with one attached hydrogen (secondary N) is 1. The largest absolute Gasteiger partial charge is 0.497 e. The number of sulfonamides is 1. The SMILES string of the molecule is COc1cccc(CN(C(=O)CN(c2cc(Cl)ccc2OC)S(=O)(=O)c2ccc(OC)c(OC)c2)[C@H](C)C(=O)NC(C)(C)C)c1. The third-order valence-corrected chi connectivity index (χ3v) is 8.77. The number of rotatable bonds is 13. The van der Waals surface area contributed by atoms with Gasteiger partial charge in [-0.1, -0.05) is 23.7 Å². The third kappa shape index (κ3) is 8.73. The molecule has 0 bridgehead atoms. The Morgan fingerprint density at radius 1 is 0.867 bits per heavy atom. The van der Waals surface area contributed by atoms with Gasteiger partial charge < -0.3 is 29.2 Å². The number of halogens is 1. The van der Waals surface area contributed by atoms with Crippen LogP contribution in [0.15, 0.2) is 65.6 Å². The number of hydrogen-bond acceptors (Lipinski definition) is 8. The summed E-state index contributed by atoms with van der Waals surface area (Å²) < 4.78 is 51.0. The van der Waals surface area contributed by atoms with Gasteiger partial charge in [-0.3, -0.25) is 13.9 Å². The maximum Gasteiger partial charge on any atom is 0.265 e. The molecule has 0 heterocycles. The van der Waals surface area contributed by atoms with Gasteiger partial charge in [-0.05, 0) is 75.7 Å². The van der Waals surface area contributed by atoms with Crippen molar-refractivity contribution in [2.75, 3.05) is 39.3 Å². The highest BCUT2D eigenvalue weighted by Gasteiger charge is 2.35. The summed E-state index contributed by atoms with van der Waals surface area (Å²) in [6, 6.07) is 14.6. The fourth-order valence-corrected chi connectivity index (χ4v) is 6.10. The Bertz CT molecular complexity index is 1620. The highest BCUT2D eigenvalue weighted by atomic mass is 35.5. The van der Waals surface area contributed by atoms with Crippen LogP contribution in [0.25, 0.3) is 0 Å². The molecule has 11 nitrogen and oxygen atoms in total. The average Bonchev–Trinajstić information content (AvgIpc) is 3.00. The van der Waals surface area contributed by atoms with Gasteiger partial charge in [0.25, 0.3) is 10.0 Å². The van der Waals surface area contributed by atoms with Crippen molar-refractivity contribution in [3.8, 4) is 23.0 Å². The van der Waals surface area contributed by atoms with E-state index >= 15 is 0 Å². The van der Waals surface area contributed by atoms with E-state index in [9.17, 15) is 18.0 Å². The van der Waals surface area contributed by atoms with Gasteiger partial charge in [0.05, 0.1) is 39.0 Å². The van der Waals surface area contributed by atoms with Crippen LogP contribution >= 0.6 is 11.6 Å². The van der Waals surface area contributed by atoms with Gasteiger partial charge in [-0.15, -0.1) is 0 Å². The molecule has 0 saturated carbocycles. The lowest BCUT2D eigenvalue weighted by Gasteiger charge is -2.34. The molecule has 1 N–H and O–H groups in total. The quantitative estimate of drug-likeness (QED) is 0.274. The van der Waals surface area contributed by atoms with Crippen molar-refractivity contribution >= 4 is 39.1 Å². The number of benzene rings is 3. The molecule has 0 spiro atoms. The maximum atomic E-state index is 14.3. The molecule has 0 aliphatic rings. The first kappa shape index (κ1) is 35.3. The van der Waals surface area contributed by atoms with Crippen molar-refractivity contribution in [2.45, 2.75) is 50.7 Å². The second-order valence-electron chi connectivity index (χ2n) is 11.1. The molecule has 244 valence electrons. The van der Waals surface area contributed by atoms with Crippen LogP contribution in [-0.2, 0) is 26.2 Å². The van der Waals surface area contributed by atoms with Crippen LogP contribution in [0.2, 0.25) is 5.02 Å². The Balaban J connectivity index is 2.16. The Labute approximate surface area is 270 Å². The van der Waals surface area contributed by atoms with Gasteiger partial charge in [-0.25, -0.2) is 8.42 Å². The summed E-state index contributed by atoms with van der Waals surface area (Å²) in [4.78, 5) is 28.8. The predicted octanol–water partition coefficient (Wildman–Crippen LogP) is 4.90. The number of amides is 2. The summed E-state index contributed by atoms with van der Waals surface area (Å²) in [7, 11) is 1.26. The van der Waals surface area contributed by atoms with E-state index in [4.69, 9.17) is 30.5 Å². The molecule has 0 unspecified atom stereocenters. The summed E-state index contributed by atoms with van der Waals surface area (Å²) >= 11 is 6.32. The number of anilines is 1. The van der Waals surface area contributed by atoms with Crippen molar-refractivity contribution in [1.82, 2.24) is 10.2 Å². The van der Waals surface area contributed by atoms with E-state index in [-0.39, 0.29) is 33.6 Å². The van der Waals surface area contributed by atoms with Gasteiger partial charge in [0.2, 0.25) is 11.8 Å². The first-order valence-corrected chi connectivity index (χ1v) is 15.8. The van der Waals surface area contributed by atoms with Crippen molar-refractivity contribution in [1.29, 1.82) is 0 Å². The second kappa shape index (κ2) is 14.7. The minimum Gasteiger partial charge on any atom is -0.497 e. The lowest BCUT2D eigenvalue weighted by molar-refractivity contribution is -0.140. The molecule has 3 aromatic rings. The van der Waals surface area contributed by atoms with E-state index in [1.54, 1.807) is 37.3 Å². The zero-order valence-corrected chi connectivity index (χ0v) is 28.3. The predicted molar refractivity (Wildman–Crippen MR) is 173 cm³/mol. The molecule has 0 aromatic heterocycles. The molecule has 0 aliphatic carbocycles. The Morgan fingerprint density at radius 3 is 2.11 bits per heavy atom. The Hall–Kier alpha value is -4.16. The van der Waals surface area contributed by atoms with Gasteiger partial charge in [0.15, 0.2) is 11.5 Å². The summed E-state index contributed by atoms with van der Waals surface area (Å²) in [6.07, 6.45) is 0. The highest BCUT2D eigenvalue weighted by Crippen LogP contribution is 2.37. The molecule has 0 saturated heterocycles. The molecule has 2 amide bonds. The highest BCUT2D eigenvalue weighted by molar-refractivity contribution is 7.92. The van der Waals surface area contributed by atoms with Crippen molar-refractivity contribution < 1.29 is 37.0 Å². The number of carbonyl (C=O) groups is 2. The molecule has 0 fully saturated rings. The number of nitrogens with zero attached hydrogens (tertiary/aromatic N) is 2. The van der Waals surface area contributed by atoms with Crippen LogP contribution in [0.1, 0.15) is 33.3 Å². The van der Waals surface area contributed by atoms with Crippen LogP contribution < -0.4 is 28.6 Å². The Morgan fingerprint density at radius 2 is 1.51 bits per heavy atom. The summed E-state index contributed by atoms with van der Waals surface area (Å²) in [5.41, 5.74) is 0.126. The molecule has 3 aromatic carbocycles. The summed E-state index contributed by atoms with van der Waals surface area (Å²) in [6.45, 7) is 6.38. The van der Waals surface area contributed by atoms with E-state index < -0.39 is 40.0 Å². The second-order valence-corrected chi connectivity index (χ2v) is 13.4. The minimum atomic E-state index is -4.46. The van der Waals surface area contributed by atoms with E-state index in [1.165, 1.54) is 63.7 Å². The fourth-order valence-electron chi connectivity index (χ4n) is 4.50. The molecule has 0 aliphatic heterocycles. The molecule has 0 radical (unpaired) electrons. The number of hydrogen-bond donors (Lipinski definition) is 1. The summed E-state index contributed by atoms with van der Waals surface area (Å²) in [5.74, 6) is 0.161. The zero-order valence-electron chi connectivity index (χ0n) is 26.7. The van der Waals surface area contributed by atoms with Crippen molar-refractivity contribution in [3.05, 3.63) is 71.2 Å². The van der Waals surface area contributed by atoms with E-state index in [1.807, 2.05) is 20.8 Å². The third-order valence-electron chi connectivity index (χ3n) is 6.78. The lowest BCUT2D eigenvalue weighted by Crippen LogP contribution is -2.54. The molecule has 3 rings (SSSR count). The monoisotopic (exact) mass is 661 g/mol. The molecule has 45 heavy (non-hydrogen) atoms. The van der Waals surface area contributed by atoms with Gasteiger partial charge in [0, 0.05) is 23.2 Å². The van der Waals surface area contributed by atoms with E-state index in [2.05, 4.69) is 5.32 Å². The molecular formula is C32H40ClN3O8S. The lowest BCUT2D eigenvalue weighted by atomic mass is 10.1. The standard InChI is InChI=1S/C32H40ClN3O8S/c1-21(31(38)34-32(2,3)4)35(19-22-10-9-11-24(16-22)41-5)30(37)20-36(26-17-23(33)12-14-27(26)42-6)45(39,40)25-13-15-28(43-7)29(18-25)44-8/h9-18,21H,19-20H2,1-8H3,(H,34,38)/t21-/m1/s1. The zero-order chi connectivity index (χ0) is 33.5.